The fraction of sp³-hybridized carbons (Fsp3) is 0.571. The molecule has 3 aromatic rings. The summed E-state index contributed by atoms with van der Waals surface area (Å²) in [5, 5.41) is 3.46. The maximum atomic E-state index is 13.8. The third kappa shape index (κ3) is 9.08. The van der Waals surface area contributed by atoms with Crippen LogP contribution >= 0.6 is 17.8 Å². The number of benzene rings is 1. The van der Waals surface area contributed by atoms with Gasteiger partial charge in [0.15, 0.2) is 0 Å². The van der Waals surface area contributed by atoms with E-state index in [1.54, 1.807) is 6.20 Å². The third-order valence-corrected chi connectivity index (χ3v) is 18.7. The Kier molecular flexibility index (Phi) is 14.4. The molecule has 59 heavy (non-hydrogen) atoms. The van der Waals surface area contributed by atoms with E-state index in [4.69, 9.17) is 17.8 Å². The molecule has 0 aliphatic heterocycles. The van der Waals surface area contributed by atoms with Gasteiger partial charge in [-0.2, -0.15) is 0 Å². The maximum absolute atomic E-state index is 13.8. The Morgan fingerprint density at radius 3 is 1.15 bits per heavy atom. The van der Waals surface area contributed by atoms with Crippen molar-refractivity contribution >= 4 is 55.6 Å². The molecule has 31 heteroatoms. The topological polar surface area (TPSA) is 25.8 Å². The Bertz CT molecular complexity index is 1790. The molecule has 1 aromatic carbocycles. The third-order valence-electron chi connectivity index (χ3n) is 8.00. The predicted molar refractivity (Wildman–Crippen MR) is 155 cm³/mol. The van der Waals surface area contributed by atoms with E-state index < -0.39 is 109 Å². The summed E-state index contributed by atoms with van der Waals surface area (Å²) in [5.74, 6) is -79.4. The van der Waals surface area contributed by atoms with Crippen LogP contribution in [0.1, 0.15) is 12.8 Å². The summed E-state index contributed by atoms with van der Waals surface area (Å²) in [7, 11) is 10.3. The normalized spacial score (nSPS) is 15.4. The second kappa shape index (κ2) is 16.1. The van der Waals surface area contributed by atoms with Crippen LogP contribution in [0.4, 0.5) is 114 Å². The van der Waals surface area contributed by atoms with Crippen LogP contribution in [-0.4, -0.2) is 97.7 Å². The Hall–Kier alpha value is -2.40. The van der Waals surface area contributed by atoms with Gasteiger partial charge >= 0.3 is 241 Å². The molecular formula is C28H16Cl2F26N2Sn. The van der Waals surface area contributed by atoms with Gasteiger partial charge in [0, 0.05) is 29.4 Å². The molecule has 0 atom stereocenters. The molecule has 0 fully saturated rings. The van der Waals surface area contributed by atoms with Crippen molar-refractivity contribution < 1.29 is 114 Å². The van der Waals surface area contributed by atoms with Gasteiger partial charge in [0.05, 0.1) is 5.52 Å². The number of pyridine rings is 2. The van der Waals surface area contributed by atoms with Crippen LogP contribution in [0.25, 0.3) is 21.7 Å². The number of alkyl halides is 26. The fourth-order valence-corrected chi connectivity index (χ4v) is 11.6. The average Bonchev–Trinajstić information content (AvgIpc) is 3.08. The standard InChI is InChI=1S/C12H8N2.2C8H4F13.2ClH.Sn/c1-2-10-4-3-9-5-7-13-8-11(9)12(10)14-6-1;2*1-2-3(9,10)4(11,12)5(13,14)6(15,16)7(17,18)8(19,20)21;;;/h1-8H;2*1-2H2;2*1H;/q;;;;;+2/p-2. The number of nitrogens with zero attached hydrogens (tertiary/aromatic N) is 2. The average molecular weight is 1060 g/mol. The molecular weight excluding hydrogens is 1050 g/mol. The van der Waals surface area contributed by atoms with Gasteiger partial charge in [-0.1, -0.05) is 18.2 Å². The van der Waals surface area contributed by atoms with Gasteiger partial charge < -0.3 is 0 Å². The Labute approximate surface area is 321 Å². The predicted octanol–water partition coefficient (Wildman–Crippen LogP) is 13.9. The van der Waals surface area contributed by atoms with Crippen molar-refractivity contribution in [3.8, 4) is 0 Å². The quantitative estimate of drug-likeness (QED) is 0.0913. The summed E-state index contributed by atoms with van der Waals surface area (Å²) in [6.07, 6.45) is -16.6. The van der Waals surface area contributed by atoms with Crippen LogP contribution in [0.2, 0.25) is 8.87 Å². The molecule has 338 valence electrons. The minimum absolute atomic E-state index is 1.03. The van der Waals surface area contributed by atoms with Crippen molar-refractivity contribution in [2.24, 2.45) is 0 Å². The first-order valence-corrected chi connectivity index (χ1v) is 26.0. The van der Waals surface area contributed by atoms with E-state index in [-0.39, 0.29) is 0 Å². The maximum Gasteiger partial charge on any atom is 0.0795 e. The summed E-state index contributed by atoms with van der Waals surface area (Å²) in [6.45, 7) is 0. The summed E-state index contributed by atoms with van der Waals surface area (Å²) < 4.78 is 335. The van der Waals surface area contributed by atoms with E-state index in [1.165, 1.54) is 5.39 Å². The van der Waals surface area contributed by atoms with Crippen molar-refractivity contribution in [3.63, 3.8) is 0 Å². The van der Waals surface area contributed by atoms with Crippen LogP contribution in [0.15, 0.2) is 48.9 Å². The van der Waals surface area contributed by atoms with Crippen LogP contribution in [0.3, 0.4) is 0 Å². The number of hydrogen-bond donors (Lipinski definition) is 0. The molecule has 3 rings (SSSR count). The van der Waals surface area contributed by atoms with Crippen molar-refractivity contribution in [1.29, 1.82) is 0 Å². The molecule has 0 bridgehead atoms. The van der Waals surface area contributed by atoms with E-state index in [9.17, 15) is 114 Å². The summed E-state index contributed by atoms with van der Waals surface area (Å²) in [6, 6.07) is 10.2. The van der Waals surface area contributed by atoms with E-state index in [1.807, 2.05) is 24.5 Å². The van der Waals surface area contributed by atoms with E-state index in [2.05, 4.69) is 28.2 Å². The van der Waals surface area contributed by atoms with Gasteiger partial charge in [-0.15, -0.1) is 0 Å². The van der Waals surface area contributed by atoms with E-state index in [0.717, 1.165) is 16.3 Å². The molecule has 0 N–H and O–H groups in total. The molecule has 0 saturated heterocycles. The smallest absolute Gasteiger partial charge is 0.0795 e. The molecule has 2 aromatic heterocycles. The minimum Gasteiger partial charge on any atom is -0.264 e. The Balaban J connectivity index is 0.000000700. The van der Waals surface area contributed by atoms with E-state index in [0.29, 0.717) is 0 Å². The SMILES string of the molecule is FC(F)(F)C(F)(F)C(F)(F)C(F)(F)C(F)(F)C(F)(F)C[CH2][Sn]([Cl])([Cl])[CH2]CC(F)(F)C(F)(F)C(F)(F)C(F)(F)C(F)(F)C(F)(F)F.c1cnc2c(c1)ccc1ccncc12. The molecule has 0 unspecified atom stereocenters. The molecule has 0 radical (unpaired) electrons. The van der Waals surface area contributed by atoms with Crippen molar-refractivity contribution in [2.45, 2.75) is 93.3 Å². The Morgan fingerprint density at radius 2 is 0.780 bits per heavy atom. The van der Waals surface area contributed by atoms with Gasteiger partial charge in [0.2, 0.25) is 0 Å². The summed E-state index contributed by atoms with van der Waals surface area (Å²) >= 11 is -6.51. The minimum atomic E-state index is -8.36. The first-order chi connectivity index (χ1) is 25.9. The van der Waals surface area contributed by atoms with Gasteiger partial charge in [0.25, 0.3) is 0 Å². The molecule has 0 spiro atoms. The summed E-state index contributed by atoms with van der Waals surface area (Å²) in [5.41, 5.74) is 1.03. The van der Waals surface area contributed by atoms with Gasteiger partial charge in [0.1, 0.15) is 0 Å². The van der Waals surface area contributed by atoms with Crippen molar-refractivity contribution in [3.05, 3.63) is 48.9 Å². The number of hydrogen-bond acceptors (Lipinski definition) is 2. The van der Waals surface area contributed by atoms with Crippen molar-refractivity contribution in [1.82, 2.24) is 9.97 Å². The second-order valence-corrected chi connectivity index (χ2v) is 30.8. The van der Waals surface area contributed by atoms with Crippen LogP contribution < -0.4 is 0 Å². The monoisotopic (exact) mass is 1060 g/mol. The second-order valence-electron chi connectivity index (χ2n) is 12.1. The van der Waals surface area contributed by atoms with Crippen LogP contribution in [0.5, 0.6) is 0 Å². The van der Waals surface area contributed by atoms with Crippen LogP contribution in [0, 0.1) is 0 Å². The van der Waals surface area contributed by atoms with E-state index >= 15 is 0 Å². The number of halogens is 28. The first-order valence-electron chi connectivity index (χ1n) is 14.7. The molecule has 0 saturated carbocycles. The number of aromatic nitrogens is 2. The molecule has 0 aliphatic carbocycles. The Morgan fingerprint density at radius 1 is 0.424 bits per heavy atom. The van der Waals surface area contributed by atoms with Crippen LogP contribution in [-0.2, 0) is 0 Å². The van der Waals surface area contributed by atoms with Gasteiger partial charge in [-0.05, 0) is 17.5 Å². The molecule has 2 heterocycles. The molecule has 0 amide bonds. The van der Waals surface area contributed by atoms with Gasteiger partial charge in [-0.3, -0.25) is 9.97 Å². The number of rotatable bonds is 14. The fourth-order valence-electron chi connectivity index (χ4n) is 4.43. The molecule has 0 aliphatic rings. The van der Waals surface area contributed by atoms with Crippen molar-refractivity contribution in [2.75, 3.05) is 0 Å². The van der Waals surface area contributed by atoms with Gasteiger partial charge in [-0.25, -0.2) is 0 Å². The molecule has 2 nitrogen and oxygen atoms in total. The first kappa shape index (κ1) is 52.7. The zero-order valence-electron chi connectivity index (χ0n) is 27.4. The zero-order valence-corrected chi connectivity index (χ0v) is 31.8. The number of fused-ring (bicyclic) bond motifs is 3. The summed E-state index contributed by atoms with van der Waals surface area (Å²) in [4.78, 5) is 8.49. The largest absolute Gasteiger partial charge is 0.264 e. The zero-order chi connectivity index (χ0) is 46.7.